The molecule has 1 aromatic rings. The zero-order chi connectivity index (χ0) is 13.1. The zero-order valence-corrected chi connectivity index (χ0v) is 11.0. The van der Waals surface area contributed by atoms with E-state index in [1.54, 1.807) is 12.1 Å². The van der Waals surface area contributed by atoms with Crippen molar-refractivity contribution in [2.24, 2.45) is 0 Å². The van der Waals surface area contributed by atoms with Crippen LogP contribution in [-0.4, -0.2) is 25.9 Å². The number of halogens is 1. The largest absolute Gasteiger partial charge is 0.495 e. The number of rotatable bonds is 4. The molecular weight excluding hydrogens is 256 g/mol. The number of benzene rings is 1. The minimum Gasteiger partial charge on any atom is -0.495 e. The van der Waals surface area contributed by atoms with Gasteiger partial charge in [0.25, 0.3) is 0 Å². The Labute approximate surface area is 111 Å². The van der Waals surface area contributed by atoms with Gasteiger partial charge < -0.3 is 19.3 Å². The second kappa shape index (κ2) is 5.50. The van der Waals surface area contributed by atoms with E-state index in [1.807, 2.05) is 6.08 Å². The lowest BCUT2D eigenvalue weighted by Crippen LogP contribution is -2.03. The fourth-order valence-electron chi connectivity index (χ4n) is 1.89. The van der Waals surface area contributed by atoms with E-state index < -0.39 is 6.10 Å². The van der Waals surface area contributed by atoms with E-state index in [1.165, 1.54) is 14.2 Å². The van der Waals surface area contributed by atoms with Crippen LogP contribution in [0.2, 0.25) is 5.02 Å². The smallest absolute Gasteiger partial charge is 0.179 e. The summed E-state index contributed by atoms with van der Waals surface area (Å²) in [7, 11) is 3.04. The van der Waals surface area contributed by atoms with Crippen LogP contribution in [0.3, 0.4) is 0 Å². The van der Waals surface area contributed by atoms with E-state index in [0.29, 0.717) is 34.5 Å². The average Bonchev–Trinajstić information content (AvgIpc) is 2.90. The maximum absolute atomic E-state index is 10.2. The predicted octanol–water partition coefficient (Wildman–Crippen LogP) is 2.69. The molecular formula is C13H15ClO4. The summed E-state index contributed by atoms with van der Waals surface area (Å²) in [6.45, 7) is 0.605. The van der Waals surface area contributed by atoms with Crippen LogP contribution in [-0.2, 0) is 4.74 Å². The Balaban J connectivity index is 2.36. The summed E-state index contributed by atoms with van der Waals surface area (Å²) in [4.78, 5) is 0. The minimum absolute atomic E-state index is 0.393. The fourth-order valence-corrected chi connectivity index (χ4v) is 2.18. The highest BCUT2D eigenvalue weighted by Crippen LogP contribution is 2.39. The van der Waals surface area contributed by atoms with Crippen molar-refractivity contribution < 1.29 is 19.3 Å². The third-order valence-electron chi connectivity index (χ3n) is 2.77. The van der Waals surface area contributed by atoms with Crippen molar-refractivity contribution in [3.8, 4) is 11.5 Å². The Hall–Kier alpha value is -1.39. The molecule has 0 radical (unpaired) electrons. The molecule has 1 aliphatic heterocycles. The van der Waals surface area contributed by atoms with E-state index in [-0.39, 0.29) is 0 Å². The highest BCUT2D eigenvalue weighted by molar-refractivity contribution is 6.32. The summed E-state index contributed by atoms with van der Waals surface area (Å²) < 4.78 is 15.7. The monoisotopic (exact) mass is 270 g/mol. The lowest BCUT2D eigenvalue weighted by atomic mass is 10.1. The van der Waals surface area contributed by atoms with Crippen LogP contribution in [0.1, 0.15) is 18.1 Å². The number of methoxy groups -OCH3 is 2. The molecule has 18 heavy (non-hydrogen) atoms. The Kier molecular flexibility index (Phi) is 3.99. The third kappa shape index (κ3) is 2.40. The van der Waals surface area contributed by atoms with Gasteiger partial charge in [-0.25, -0.2) is 0 Å². The summed E-state index contributed by atoms with van der Waals surface area (Å²) in [5, 5.41) is 10.6. The first kappa shape index (κ1) is 13.1. The minimum atomic E-state index is -0.829. The van der Waals surface area contributed by atoms with Crippen molar-refractivity contribution in [3.63, 3.8) is 0 Å². The summed E-state index contributed by atoms with van der Waals surface area (Å²) in [6.07, 6.45) is 1.85. The second-order valence-electron chi connectivity index (χ2n) is 3.88. The topological polar surface area (TPSA) is 47.9 Å². The van der Waals surface area contributed by atoms with Gasteiger partial charge in [0.15, 0.2) is 11.5 Å². The number of aliphatic hydroxyl groups is 1. The van der Waals surface area contributed by atoms with Gasteiger partial charge >= 0.3 is 0 Å². The normalized spacial score (nSPS) is 15.9. The molecule has 1 unspecified atom stereocenters. The summed E-state index contributed by atoms with van der Waals surface area (Å²) >= 11 is 6.09. The lowest BCUT2D eigenvalue weighted by Gasteiger charge is -2.16. The molecule has 2 rings (SSSR count). The van der Waals surface area contributed by atoms with Crippen LogP contribution in [0.15, 0.2) is 24.0 Å². The molecule has 0 saturated heterocycles. The first-order valence-electron chi connectivity index (χ1n) is 5.59. The number of aliphatic hydroxyl groups excluding tert-OH is 1. The first-order chi connectivity index (χ1) is 8.67. The van der Waals surface area contributed by atoms with Gasteiger partial charge in [0.2, 0.25) is 0 Å². The van der Waals surface area contributed by atoms with E-state index in [4.69, 9.17) is 25.8 Å². The Bertz CT molecular complexity index is 470. The molecule has 0 aliphatic carbocycles. The molecule has 1 aromatic carbocycles. The number of hydrogen-bond donors (Lipinski definition) is 1. The molecule has 98 valence electrons. The Morgan fingerprint density at radius 2 is 2.11 bits per heavy atom. The summed E-state index contributed by atoms with van der Waals surface area (Å²) in [6, 6.07) is 3.34. The first-order valence-corrected chi connectivity index (χ1v) is 5.97. The van der Waals surface area contributed by atoms with Gasteiger partial charge in [0, 0.05) is 6.42 Å². The van der Waals surface area contributed by atoms with Crippen LogP contribution >= 0.6 is 11.6 Å². The highest BCUT2D eigenvalue weighted by atomic mass is 35.5. The van der Waals surface area contributed by atoms with Gasteiger partial charge in [-0.2, -0.15) is 0 Å². The summed E-state index contributed by atoms with van der Waals surface area (Å²) in [5.41, 5.74) is 0.616. The number of ether oxygens (including phenoxy) is 3. The van der Waals surface area contributed by atoms with Gasteiger partial charge in [-0.15, -0.1) is 0 Å². The van der Waals surface area contributed by atoms with E-state index in [2.05, 4.69) is 0 Å². The maximum Gasteiger partial charge on any atom is 0.179 e. The van der Waals surface area contributed by atoms with Gasteiger partial charge in [-0.1, -0.05) is 11.6 Å². The van der Waals surface area contributed by atoms with Crippen LogP contribution in [0.5, 0.6) is 11.5 Å². The molecule has 0 fully saturated rings. The van der Waals surface area contributed by atoms with Crippen molar-refractivity contribution in [2.45, 2.75) is 12.5 Å². The Morgan fingerprint density at radius 1 is 1.33 bits per heavy atom. The molecule has 0 amide bonds. The quantitative estimate of drug-likeness (QED) is 0.914. The van der Waals surface area contributed by atoms with Crippen LogP contribution in [0, 0.1) is 0 Å². The van der Waals surface area contributed by atoms with E-state index in [0.717, 1.165) is 6.42 Å². The standard InChI is InChI=1S/C13H15ClO4/c1-16-11-7-8(6-9(14)13(11)17-2)12(15)10-4-3-5-18-10/h4,6-7,12,15H,3,5H2,1-2H3. The molecule has 1 heterocycles. The SMILES string of the molecule is COc1cc(C(O)C2=CCCO2)cc(Cl)c1OC. The van der Waals surface area contributed by atoms with Crippen molar-refractivity contribution in [1.29, 1.82) is 0 Å². The molecule has 1 aliphatic rings. The lowest BCUT2D eigenvalue weighted by molar-refractivity contribution is 0.118. The molecule has 1 N–H and O–H groups in total. The molecule has 0 bridgehead atoms. The van der Waals surface area contributed by atoms with E-state index in [9.17, 15) is 5.11 Å². The maximum atomic E-state index is 10.2. The van der Waals surface area contributed by atoms with Gasteiger partial charge in [0.05, 0.1) is 25.8 Å². The molecule has 0 aromatic heterocycles. The fraction of sp³-hybridized carbons (Fsp3) is 0.385. The van der Waals surface area contributed by atoms with Crippen molar-refractivity contribution in [1.82, 2.24) is 0 Å². The van der Waals surface area contributed by atoms with Crippen molar-refractivity contribution >= 4 is 11.6 Å². The number of hydrogen-bond acceptors (Lipinski definition) is 4. The predicted molar refractivity (Wildman–Crippen MR) is 68.2 cm³/mol. The Morgan fingerprint density at radius 3 is 2.67 bits per heavy atom. The van der Waals surface area contributed by atoms with Crippen molar-refractivity contribution in [2.75, 3.05) is 20.8 Å². The van der Waals surface area contributed by atoms with Crippen LogP contribution in [0.4, 0.5) is 0 Å². The van der Waals surface area contributed by atoms with Gasteiger partial charge in [-0.3, -0.25) is 0 Å². The van der Waals surface area contributed by atoms with Gasteiger partial charge in [0.1, 0.15) is 11.9 Å². The second-order valence-corrected chi connectivity index (χ2v) is 4.29. The van der Waals surface area contributed by atoms with Crippen LogP contribution in [0.25, 0.3) is 0 Å². The summed E-state index contributed by atoms with van der Waals surface area (Å²) in [5.74, 6) is 1.49. The van der Waals surface area contributed by atoms with E-state index >= 15 is 0 Å². The molecule has 0 saturated carbocycles. The van der Waals surface area contributed by atoms with Crippen molar-refractivity contribution in [3.05, 3.63) is 34.6 Å². The molecule has 4 nitrogen and oxygen atoms in total. The van der Waals surface area contributed by atoms with Gasteiger partial charge in [-0.05, 0) is 23.8 Å². The molecule has 0 spiro atoms. The third-order valence-corrected chi connectivity index (χ3v) is 3.05. The van der Waals surface area contributed by atoms with Crippen LogP contribution < -0.4 is 9.47 Å². The molecule has 5 heteroatoms. The zero-order valence-electron chi connectivity index (χ0n) is 10.3. The highest BCUT2D eigenvalue weighted by Gasteiger charge is 2.21. The molecule has 1 atom stereocenters. The average molecular weight is 271 g/mol.